The van der Waals surface area contributed by atoms with Crippen molar-refractivity contribution < 1.29 is 19.0 Å². The van der Waals surface area contributed by atoms with Crippen molar-refractivity contribution in [2.24, 2.45) is 0 Å². The average Bonchev–Trinajstić information content (AvgIpc) is 2.61. The topological polar surface area (TPSA) is 56.8 Å². The summed E-state index contributed by atoms with van der Waals surface area (Å²) in [7, 11) is 1.56. The fourth-order valence-corrected chi connectivity index (χ4v) is 2.37. The number of aryl methyl sites for hydroxylation is 3. The summed E-state index contributed by atoms with van der Waals surface area (Å²) in [4.78, 5) is 11.9. The number of rotatable bonds is 8. The molecule has 25 heavy (non-hydrogen) atoms. The summed E-state index contributed by atoms with van der Waals surface area (Å²) in [5.41, 5.74) is 3.52. The first-order valence-corrected chi connectivity index (χ1v) is 8.24. The monoisotopic (exact) mass is 343 g/mol. The highest BCUT2D eigenvalue weighted by Gasteiger charge is 2.07. The first-order chi connectivity index (χ1) is 12.0. The van der Waals surface area contributed by atoms with Crippen LogP contribution in [0, 0.1) is 20.8 Å². The minimum atomic E-state index is -0.202. The molecule has 0 saturated carbocycles. The van der Waals surface area contributed by atoms with Crippen LogP contribution in [0.15, 0.2) is 36.4 Å². The van der Waals surface area contributed by atoms with Crippen LogP contribution >= 0.6 is 0 Å². The summed E-state index contributed by atoms with van der Waals surface area (Å²) in [5.74, 6) is 1.79. The highest BCUT2D eigenvalue weighted by Crippen LogP contribution is 2.25. The molecule has 0 aliphatic carbocycles. The van der Waals surface area contributed by atoms with Crippen molar-refractivity contribution in [3.05, 3.63) is 53.1 Å². The van der Waals surface area contributed by atoms with Gasteiger partial charge in [-0.3, -0.25) is 4.79 Å². The second-order valence-corrected chi connectivity index (χ2v) is 5.84. The van der Waals surface area contributed by atoms with Crippen LogP contribution in [0.5, 0.6) is 17.2 Å². The number of amides is 1. The number of nitrogens with one attached hydrogen (secondary N) is 1. The predicted octanol–water partition coefficient (Wildman–Crippen LogP) is 3.19. The molecule has 1 amide bonds. The average molecular weight is 343 g/mol. The number of hydrogen-bond acceptors (Lipinski definition) is 4. The predicted molar refractivity (Wildman–Crippen MR) is 97.6 cm³/mol. The van der Waals surface area contributed by atoms with Gasteiger partial charge < -0.3 is 19.5 Å². The lowest BCUT2D eigenvalue weighted by Gasteiger charge is -2.13. The normalized spacial score (nSPS) is 10.2. The summed E-state index contributed by atoms with van der Waals surface area (Å²) in [5, 5.41) is 2.78. The van der Waals surface area contributed by atoms with Crippen LogP contribution in [0.25, 0.3) is 0 Å². The lowest BCUT2D eigenvalue weighted by Crippen LogP contribution is -2.32. The molecule has 0 heterocycles. The molecule has 5 heteroatoms. The molecule has 0 spiro atoms. The highest BCUT2D eigenvalue weighted by atomic mass is 16.5. The van der Waals surface area contributed by atoms with Crippen LogP contribution in [-0.2, 0) is 4.79 Å². The molecule has 134 valence electrons. The van der Waals surface area contributed by atoms with Crippen LogP contribution in [0.3, 0.4) is 0 Å². The molecule has 0 aliphatic heterocycles. The summed E-state index contributed by atoms with van der Waals surface area (Å²) in [6, 6.07) is 11.3. The van der Waals surface area contributed by atoms with E-state index in [9.17, 15) is 4.79 Å². The third-order valence-corrected chi connectivity index (χ3v) is 3.90. The van der Waals surface area contributed by atoms with Gasteiger partial charge in [0.05, 0.1) is 13.7 Å². The second-order valence-electron chi connectivity index (χ2n) is 5.84. The van der Waals surface area contributed by atoms with E-state index in [1.165, 1.54) is 11.1 Å². The fourth-order valence-electron chi connectivity index (χ4n) is 2.37. The minimum absolute atomic E-state index is 0.0664. The van der Waals surface area contributed by atoms with E-state index in [4.69, 9.17) is 14.2 Å². The molecule has 1 N–H and O–H groups in total. The Bertz CT molecular complexity index is 728. The smallest absolute Gasteiger partial charge is 0.258 e. The Morgan fingerprint density at radius 3 is 2.32 bits per heavy atom. The molecule has 0 atom stereocenters. The maximum Gasteiger partial charge on any atom is 0.258 e. The van der Waals surface area contributed by atoms with Gasteiger partial charge in [-0.05, 0) is 55.7 Å². The van der Waals surface area contributed by atoms with Gasteiger partial charge >= 0.3 is 0 Å². The first-order valence-electron chi connectivity index (χ1n) is 8.24. The number of hydrogen-bond donors (Lipinski definition) is 1. The van der Waals surface area contributed by atoms with Gasteiger partial charge in [0.2, 0.25) is 0 Å². The first kappa shape index (κ1) is 18.6. The molecule has 0 bridgehead atoms. The number of carbonyl (C=O) groups excluding carboxylic acids is 1. The third-order valence-electron chi connectivity index (χ3n) is 3.90. The Balaban J connectivity index is 1.73. The molecule has 5 nitrogen and oxygen atoms in total. The van der Waals surface area contributed by atoms with Gasteiger partial charge in [0.25, 0.3) is 5.91 Å². The zero-order chi connectivity index (χ0) is 18.2. The molecule has 0 saturated heterocycles. The van der Waals surface area contributed by atoms with E-state index in [2.05, 4.69) is 25.2 Å². The second kappa shape index (κ2) is 8.97. The Kier molecular flexibility index (Phi) is 6.69. The SMILES string of the molecule is COc1ccccc1OCC(=O)NCCOc1cc(C)c(C)cc1C. The molecule has 2 aromatic carbocycles. The number of methoxy groups -OCH3 is 1. The Morgan fingerprint density at radius 1 is 0.920 bits per heavy atom. The van der Waals surface area contributed by atoms with Crippen molar-refractivity contribution in [3.8, 4) is 17.2 Å². The fraction of sp³-hybridized carbons (Fsp3) is 0.350. The van der Waals surface area contributed by atoms with Gasteiger partial charge in [-0.15, -0.1) is 0 Å². The van der Waals surface area contributed by atoms with Gasteiger partial charge in [-0.2, -0.15) is 0 Å². The Morgan fingerprint density at radius 2 is 1.60 bits per heavy atom. The van der Waals surface area contributed by atoms with Crippen LogP contribution in [0.1, 0.15) is 16.7 Å². The van der Waals surface area contributed by atoms with Crippen molar-refractivity contribution in [2.45, 2.75) is 20.8 Å². The molecule has 2 aromatic rings. The molecule has 2 rings (SSSR count). The van der Waals surface area contributed by atoms with E-state index >= 15 is 0 Å². The molecule has 0 radical (unpaired) electrons. The molecular formula is C20H25NO4. The van der Waals surface area contributed by atoms with Crippen LogP contribution < -0.4 is 19.5 Å². The lowest BCUT2D eigenvalue weighted by atomic mass is 10.1. The lowest BCUT2D eigenvalue weighted by molar-refractivity contribution is -0.123. The number of carbonyl (C=O) groups is 1. The van der Waals surface area contributed by atoms with E-state index in [0.717, 1.165) is 11.3 Å². The van der Waals surface area contributed by atoms with Crippen molar-refractivity contribution in [1.29, 1.82) is 0 Å². The number of ether oxygens (including phenoxy) is 3. The van der Waals surface area contributed by atoms with E-state index in [0.29, 0.717) is 24.7 Å². The number of benzene rings is 2. The van der Waals surface area contributed by atoms with Gasteiger partial charge in [-0.25, -0.2) is 0 Å². The van der Waals surface area contributed by atoms with E-state index < -0.39 is 0 Å². The zero-order valence-electron chi connectivity index (χ0n) is 15.2. The summed E-state index contributed by atoms with van der Waals surface area (Å²) in [6.07, 6.45) is 0. The number of para-hydroxylation sites is 2. The van der Waals surface area contributed by atoms with Crippen molar-refractivity contribution in [2.75, 3.05) is 26.9 Å². The van der Waals surface area contributed by atoms with Crippen molar-refractivity contribution in [1.82, 2.24) is 5.32 Å². The molecule has 0 aliphatic rings. The maximum absolute atomic E-state index is 11.9. The van der Waals surface area contributed by atoms with Crippen LogP contribution in [-0.4, -0.2) is 32.8 Å². The van der Waals surface area contributed by atoms with Crippen molar-refractivity contribution >= 4 is 5.91 Å². The van der Waals surface area contributed by atoms with Gasteiger partial charge in [0.1, 0.15) is 12.4 Å². The maximum atomic E-state index is 11.9. The van der Waals surface area contributed by atoms with Crippen molar-refractivity contribution in [3.63, 3.8) is 0 Å². The minimum Gasteiger partial charge on any atom is -0.493 e. The van der Waals surface area contributed by atoms with E-state index in [1.807, 2.05) is 25.1 Å². The molecule has 0 unspecified atom stereocenters. The summed E-state index contributed by atoms with van der Waals surface area (Å²) >= 11 is 0. The zero-order valence-corrected chi connectivity index (χ0v) is 15.2. The van der Waals surface area contributed by atoms with E-state index in [1.54, 1.807) is 19.2 Å². The van der Waals surface area contributed by atoms with E-state index in [-0.39, 0.29) is 12.5 Å². The van der Waals surface area contributed by atoms with Crippen LogP contribution in [0.2, 0.25) is 0 Å². The quantitative estimate of drug-likeness (QED) is 0.748. The Hall–Kier alpha value is -2.69. The Labute approximate surface area is 148 Å². The molecular weight excluding hydrogens is 318 g/mol. The summed E-state index contributed by atoms with van der Waals surface area (Å²) in [6.45, 7) is 6.90. The summed E-state index contributed by atoms with van der Waals surface area (Å²) < 4.78 is 16.4. The largest absolute Gasteiger partial charge is 0.493 e. The van der Waals surface area contributed by atoms with Gasteiger partial charge in [0, 0.05) is 0 Å². The standard InChI is InChI=1S/C20H25NO4/c1-14-11-16(3)19(12-15(14)2)24-10-9-21-20(22)13-25-18-8-6-5-7-17(18)23-4/h5-8,11-12H,9-10,13H2,1-4H3,(H,21,22). The molecule has 0 aromatic heterocycles. The third kappa shape index (κ3) is 5.41. The van der Waals surface area contributed by atoms with Gasteiger partial charge in [-0.1, -0.05) is 18.2 Å². The molecule has 0 fully saturated rings. The highest BCUT2D eigenvalue weighted by molar-refractivity contribution is 5.77. The van der Waals surface area contributed by atoms with Crippen LogP contribution in [0.4, 0.5) is 0 Å². The van der Waals surface area contributed by atoms with Gasteiger partial charge in [0.15, 0.2) is 18.1 Å².